The number of benzene rings is 2. The highest BCUT2D eigenvalue weighted by molar-refractivity contribution is 6.30. The van der Waals surface area contributed by atoms with Crippen LogP contribution in [0, 0.1) is 5.41 Å². The quantitative estimate of drug-likeness (QED) is 0.403. The maximum Gasteiger partial charge on any atom is 0.261 e. The number of aryl methyl sites for hydroxylation is 1. The molecule has 2 heterocycles. The Morgan fingerprint density at radius 1 is 0.938 bits per heavy atom. The Morgan fingerprint density at radius 2 is 1.56 bits per heavy atom. The lowest BCUT2D eigenvalue weighted by Crippen LogP contribution is -2.27. The van der Waals surface area contributed by atoms with E-state index in [0.717, 1.165) is 31.5 Å². The number of likely N-dealkylation sites (tertiary alicyclic amines) is 1. The van der Waals surface area contributed by atoms with Gasteiger partial charge < -0.3 is 15.5 Å². The van der Waals surface area contributed by atoms with Gasteiger partial charge in [0.2, 0.25) is 0 Å². The summed E-state index contributed by atoms with van der Waals surface area (Å²) in [5, 5.41) is 18.5. The summed E-state index contributed by atoms with van der Waals surface area (Å²) in [4.78, 5) is 27.6. The molecule has 0 atom stereocenters. The third-order valence-electron chi connectivity index (χ3n) is 5.36. The first kappa shape index (κ1) is 21.6. The van der Waals surface area contributed by atoms with Crippen LogP contribution in [-0.2, 0) is 7.05 Å². The van der Waals surface area contributed by atoms with Crippen molar-refractivity contribution in [2.75, 3.05) is 23.7 Å². The fourth-order valence-electron chi connectivity index (χ4n) is 3.57. The molecule has 0 saturated carbocycles. The van der Waals surface area contributed by atoms with E-state index in [0.29, 0.717) is 22.1 Å². The zero-order chi connectivity index (χ0) is 22.7. The van der Waals surface area contributed by atoms with E-state index in [1.165, 1.54) is 10.9 Å². The van der Waals surface area contributed by atoms with Crippen LogP contribution < -0.4 is 10.6 Å². The van der Waals surface area contributed by atoms with Gasteiger partial charge in [-0.3, -0.25) is 19.7 Å². The molecule has 0 bridgehead atoms. The fourth-order valence-corrected chi connectivity index (χ4v) is 3.69. The first-order valence-electron chi connectivity index (χ1n) is 10.3. The van der Waals surface area contributed by atoms with Crippen LogP contribution in [0.3, 0.4) is 0 Å². The van der Waals surface area contributed by atoms with Crippen LogP contribution >= 0.6 is 11.6 Å². The predicted octanol–water partition coefficient (Wildman–Crippen LogP) is 4.00. The van der Waals surface area contributed by atoms with E-state index in [-0.39, 0.29) is 17.3 Å². The Bertz CT molecular complexity index is 1150. The first-order valence-corrected chi connectivity index (χ1v) is 10.6. The number of carbonyl (C=O) groups is 2. The topological polar surface area (TPSA) is 103 Å². The van der Waals surface area contributed by atoms with Gasteiger partial charge in [-0.25, -0.2) is 0 Å². The van der Waals surface area contributed by atoms with E-state index >= 15 is 0 Å². The largest absolute Gasteiger partial charge is 0.357 e. The summed E-state index contributed by atoms with van der Waals surface area (Å²) < 4.78 is 1.44. The van der Waals surface area contributed by atoms with Crippen molar-refractivity contribution >= 4 is 40.8 Å². The van der Waals surface area contributed by atoms with Crippen LogP contribution in [0.25, 0.3) is 0 Å². The maximum absolute atomic E-state index is 12.8. The first-order chi connectivity index (χ1) is 15.4. The molecule has 4 rings (SSSR count). The highest BCUT2D eigenvalue weighted by Gasteiger charge is 2.20. The Morgan fingerprint density at radius 3 is 2.22 bits per heavy atom. The van der Waals surface area contributed by atoms with Gasteiger partial charge in [-0.2, -0.15) is 5.10 Å². The number of halogens is 1. The number of hydrogen-bond donors (Lipinski definition) is 3. The molecule has 2 amide bonds. The van der Waals surface area contributed by atoms with E-state index in [4.69, 9.17) is 17.0 Å². The van der Waals surface area contributed by atoms with Crippen LogP contribution in [0.15, 0.2) is 54.7 Å². The van der Waals surface area contributed by atoms with Crippen molar-refractivity contribution in [3.63, 3.8) is 0 Å². The zero-order valence-corrected chi connectivity index (χ0v) is 18.3. The molecule has 8 nitrogen and oxygen atoms in total. The van der Waals surface area contributed by atoms with Crippen molar-refractivity contribution in [1.82, 2.24) is 14.7 Å². The Labute approximate surface area is 190 Å². The van der Waals surface area contributed by atoms with Crippen molar-refractivity contribution < 1.29 is 9.59 Å². The number of rotatable bonds is 5. The molecule has 164 valence electrons. The molecule has 1 aromatic heterocycles. The van der Waals surface area contributed by atoms with Crippen LogP contribution in [0.2, 0.25) is 5.02 Å². The van der Waals surface area contributed by atoms with Crippen molar-refractivity contribution in [2.45, 2.75) is 12.8 Å². The molecular weight excluding hydrogens is 428 g/mol. The monoisotopic (exact) mass is 450 g/mol. The van der Waals surface area contributed by atoms with Crippen LogP contribution in [0.5, 0.6) is 0 Å². The minimum absolute atomic E-state index is 0.239. The molecule has 1 aliphatic rings. The molecule has 9 heteroatoms. The second-order valence-corrected chi connectivity index (χ2v) is 8.00. The van der Waals surface area contributed by atoms with Crippen molar-refractivity contribution in [2.24, 2.45) is 7.05 Å². The van der Waals surface area contributed by atoms with Crippen LogP contribution in [0.1, 0.15) is 39.1 Å². The summed E-state index contributed by atoms with van der Waals surface area (Å²) >= 11 is 5.88. The van der Waals surface area contributed by atoms with E-state index in [2.05, 4.69) is 15.7 Å². The SMILES string of the molecule is Cn1ncc(C(=O)Nc2ccc(Cl)cc2)c1NC(=O)c1ccc(C(=N)N2CCCC2)cc1. The number of amides is 2. The number of hydrogen-bond acceptors (Lipinski definition) is 4. The second kappa shape index (κ2) is 9.23. The number of nitrogens with one attached hydrogen (secondary N) is 3. The lowest BCUT2D eigenvalue weighted by molar-refractivity contribution is 0.102. The van der Waals surface area contributed by atoms with Crippen LogP contribution in [0.4, 0.5) is 11.5 Å². The number of nitrogens with zero attached hydrogens (tertiary/aromatic N) is 3. The van der Waals surface area contributed by atoms with Gasteiger partial charge >= 0.3 is 0 Å². The van der Waals surface area contributed by atoms with Gasteiger partial charge in [-0.05, 0) is 49.2 Å². The molecule has 0 spiro atoms. The standard InChI is InChI=1S/C23H23ClN6O2/c1-29-21(19(14-26-29)23(32)27-18-10-8-17(24)9-11-18)28-22(31)16-6-4-15(5-7-16)20(25)30-12-2-3-13-30/h4-11,14,25H,2-3,12-13H2,1H3,(H,27,32)(H,28,31). The average molecular weight is 451 g/mol. The molecule has 0 unspecified atom stereocenters. The number of amidine groups is 1. The molecule has 1 fully saturated rings. The lowest BCUT2D eigenvalue weighted by atomic mass is 10.1. The summed E-state index contributed by atoms with van der Waals surface area (Å²) in [6.45, 7) is 1.78. The van der Waals surface area contributed by atoms with Crippen molar-refractivity contribution in [3.8, 4) is 0 Å². The summed E-state index contributed by atoms with van der Waals surface area (Å²) in [5.41, 5.74) is 2.01. The van der Waals surface area contributed by atoms with Gasteiger partial charge in [0.15, 0.2) is 0 Å². The van der Waals surface area contributed by atoms with E-state index in [1.807, 2.05) is 4.90 Å². The minimum Gasteiger partial charge on any atom is -0.357 e. The maximum atomic E-state index is 12.8. The summed E-state index contributed by atoms with van der Waals surface area (Å²) in [7, 11) is 1.65. The van der Waals surface area contributed by atoms with Gasteiger partial charge in [-0.1, -0.05) is 23.7 Å². The van der Waals surface area contributed by atoms with Gasteiger partial charge in [0.05, 0.1) is 6.20 Å². The fraction of sp³-hybridized carbons (Fsp3) is 0.217. The Balaban J connectivity index is 1.46. The molecular formula is C23H23ClN6O2. The third kappa shape index (κ3) is 4.65. The van der Waals surface area contributed by atoms with Gasteiger partial charge in [0.25, 0.3) is 11.8 Å². The predicted molar refractivity (Wildman–Crippen MR) is 125 cm³/mol. The molecule has 32 heavy (non-hydrogen) atoms. The van der Waals surface area contributed by atoms with Crippen molar-refractivity contribution in [1.29, 1.82) is 5.41 Å². The second-order valence-electron chi connectivity index (χ2n) is 7.57. The number of carbonyl (C=O) groups excluding carboxylic acids is 2. The van der Waals surface area contributed by atoms with Crippen LogP contribution in [-0.4, -0.2) is 45.4 Å². The molecule has 0 aliphatic carbocycles. The molecule has 0 radical (unpaired) electrons. The van der Waals surface area contributed by atoms with Gasteiger partial charge in [0, 0.05) is 42.0 Å². The Kier molecular flexibility index (Phi) is 6.23. The lowest BCUT2D eigenvalue weighted by Gasteiger charge is -2.18. The van der Waals surface area contributed by atoms with Gasteiger partial charge in [0.1, 0.15) is 17.2 Å². The Hall–Kier alpha value is -3.65. The highest BCUT2D eigenvalue weighted by Crippen LogP contribution is 2.20. The summed E-state index contributed by atoms with van der Waals surface area (Å²) in [6.07, 6.45) is 3.60. The molecule has 3 aromatic rings. The number of anilines is 2. The zero-order valence-electron chi connectivity index (χ0n) is 17.6. The summed E-state index contributed by atoms with van der Waals surface area (Å²) in [5.74, 6) is -0.00359. The number of aromatic nitrogens is 2. The third-order valence-corrected chi connectivity index (χ3v) is 5.61. The van der Waals surface area contributed by atoms with E-state index < -0.39 is 5.91 Å². The molecule has 3 N–H and O–H groups in total. The highest BCUT2D eigenvalue weighted by atomic mass is 35.5. The van der Waals surface area contributed by atoms with E-state index in [9.17, 15) is 9.59 Å². The average Bonchev–Trinajstić information content (AvgIpc) is 3.46. The smallest absolute Gasteiger partial charge is 0.261 e. The molecule has 1 saturated heterocycles. The van der Waals surface area contributed by atoms with Crippen molar-refractivity contribution in [3.05, 3.63) is 76.4 Å². The van der Waals surface area contributed by atoms with E-state index in [1.54, 1.807) is 55.6 Å². The summed E-state index contributed by atoms with van der Waals surface area (Å²) in [6, 6.07) is 13.6. The minimum atomic E-state index is -0.398. The van der Waals surface area contributed by atoms with Gasteiger partial charge in [-0.15, -0.1) is 0 Å². The normalized spacial score (nSPS) is 13.1. The molecule has 2 aromatic carbocycles. The molecule has 1 aliphatic heterocycles.